The number of nitrogens with zero attached hydrogens (tertiary/aromatic N) is 1. The first-order chi connectivity index (χ1) is 8.71. The van der Waals surface area contributed by atoms with E-state index >= 15 is 0 Å². The molecule has 1 aromatic rings. The molecule has 0 radical (unpaired) electrons. The quantitative estimate of drug-likeness (QED) is 0.679. The number of carbonyl (C=O) groups excluding carboxylic acids is 1. The molecule has 0 aromatic carbocycles. The van der Waals surface area contributed by atoms with Crippen LogP contribution in [0.4, 0.5) is 0 Å². The van der Waals surface area contributed by atoms with E-state index in [2.05, 4.69) is 10.5 Å². The highest BCUT2D eigenvalue weighted by molar-refractivity contribution is 5.79. The Morgan fingerprint density at radius 1 is 1.42 bits per heavy atom. The van der Waals surface area contributed by atoms with Crippen molar-refractivity contribution in [1.29, 1.82) is 0 Å². The lowest BCUT2D eigenvalue weighted by molar-refractivity contribution is -0.142. The van der Waals surface area contributed by atoms with Gasteiger partial charge >= 0.3 is 5.97 Å². The third-order valence-corrected chi connectivity index (χ3v) is 2.72. The van der Waals surface area contributed by atoms with E-state index in [1.54, 1.807) is 13.8 Å². The minimum atomic E-state index is -1.47. The molecule has 0 aliphatic rings. The average Bonchev–Trinajstić information content (AvgIpc) is 2.57. The number of hydrogen-bond acceptors (Lipinski definition) is 5. The zero-order chi connectivity index (χ0) is 14.6. The standard InChI is InChI=1S/C12H18N2O5/c1-7-9(8(2)19-14-7)4-10(15)13-6-12(3,18)5-11(16)17/h18H,4-6H2,1-3H3,(H,13,15)(H,16,17). The highest BCUT2D eigenvalue weighted by Crippen LogP contribution is 2.13. The summed E-state index contributed by atoms with van der Waals surface area (Å²) in [6.07, 6.45) is -0.344. The Labute approximate surface area is 110 Å². The van der Waals surface area contributed by atoms with Crippen molar-refractivity contribution in [1.82, 2.24) is 10.5 Å². The maximum atomic E-state index is 11.7. The Morgan fingerprint density at radius 3 is 2.53 bits per heavy atom. The van der Waals surface area contributed by atoms with E-state index in [-0.39, 0.29) is 18.9 Å². The topological polar surface area (TPSA) is 113 Å². The molecule has 0 saturated carbocycles. The second-order valence-electron chi connectivity index (χ2n) is 4.82. The summed E-state index contributed by atoms with van der Waals surface area (Å²) < 4.78 is 4.94. The van der Waals surface area contributed by atoms with Crippen LogP contribution in [0.2, 0.25) is 0 Å². The molecule has 0 aliphatic carbocycles. The van der Waals surface area contributed by atoms with Gasteiger partial charge in [0.15, 0.2) is 0 Å². The summed E-state index contributed by atoms with van der Waals surface area (Å²) in [5.41, 5.74) is -0.124. The highest BCUT2D eigenvalue weighted by atomic mass is 16.5. The molecule has 0 spiro atoms. The molecule has 3 N–H and O–H groups in total. The number of hydrogen-bond donors (Lipinski definition) is 3. The van der Waals surface area contributed by atoms with Crippen LogP contribution in [0, 0.1) is 13.8 Å². The molecule has 1 amide bonds. The van der Waals surface area contributed by atoms with Gasteiger partial charge in [-0.2, -0.15) is 0 Å². The largest absolute Gasteiger partial charge is 0.481 e. The number of aromatic nitrogens is 1. The van der Waals surface area contributed by atoms with Crippen LogP contribution in [0.5, 0.6) is 0 Å². The third kappa shape index (κ3) is 4.70. The van der Waals surface area contributed by atoms with Gasteiger partial charge in [-0.25, -0.2) is 0 Å². The number of rotatable bonds is 6. The van der Waals surface area contributed by atoms with Crippen molar-refractivity contribution in [2.24, 2.45) is 0 Å². The van der Waals surface area contributed by atoms with Crippen molar-refractivity contribution in [3.05, 3.63) is 17.0 Å². The lowest BCUT2D eigenvalue weighted by Crippen LogP contribution is -2.42. The minimum Gasteiger partial charge on any atom is -0.481 e. The van der Waals surface area contributed by atoms with Gasteiger partial charge in [-0.15, -0.1) is 0 Å². The number of aryl methyl sites for hydroxylation is 2. The Balaban J connectivity index is 2.51. The van der Waals surface area contributed by atoms with Crippen LogP contribution < -0.4 is 5.32 Å². The van der Waals surface area contributed by atoms with E-state index < -0.39 is 18.0 Å². The molecule has 0 fully saturated rings. The predicted molar refractivity (Wildman–Crippen MR) is 65.6 cm³/mol. The lowest BCUT2D eigenvalue weighted by atomic mass is 10.0. The second-order valence-corrected chi connectivity index (χ2v) is 4.82. The van der Waals surface area contributed by atoms with Crippen LogP contribution in [0.15, 0.2) is 4.52 Å². The fraction of sp³-hybridized carbons (Fsp3) is 0.583. The van der Waals surface area contributed by atoms with Gasteiger partial charge in [0.05, 0.1) is 24.1 Å². The van der Waals surface area contributed by atoms with Gasteiger partial charge in [0.25, 0.3) is 0 Å². The molecule has 106 valence electrons. The van der Waals surface area contributed by atoms with Gasteiger partial charge in [-0.3, -0.25) is 9.59 Å². The smallest absolute Gasteiger partial charge is 0.306 e. The number of aliphatic hydroxyl groups is 1. The minimum absolute atomic E-state index is 0.0876. The summed E-state index contributed by atoms with van der Waals surface area (Å²) >= 11 is 0. The van der Waals surface area contributed by atoms with Crippen molar-refractivity contribution < 1.29 is 24.3 Å². The number of nitrogens with one attached hydrogen (secondary N) is 1. The summed E-state index contributed by atoms with van der Waals surface area (Å²) in [5.74, 6) is -0.866. The Kier molecular flexibility index (Phi) is 4.66. The SMILES string of the molecule is Cc1noc(C)c1CC(=O)NCC(C)(O)CC(=O)O. The normalized spacial score (nSPS) is 13.9. The fourth-order valence-electron chi connectivity index (χ4n) is 1.65. The first-order valence-corrected chi connectivity index (χ1v) is 5.84. The molecule has 1 rings (SSSR count). The Morgan fingerprint density at radius 2 is 2.05 bits per heavy atom. The van der Waals surface area contributed by atoms with Gasteiger partial charge in [0.2, 0.25) is 5.91 Å². The Hall–Kier alpha value is -1.89. The fourth-order valence-corrected chi connectivity index (χ4v) is 1.65. The average molecular weight is 270 g/mol. The van der Waals surface area contributed by atoms with Gasteiger partial charge in [-0.1, -0.05) is 5.16 Å². The molecule has 1 heterocycles. The lowest BCUT2D eigenvalue weighted by Gasteiger charge is -2.21. The molecule has 0 aliphatic heterocycles. The molecule has 19 heavy (non-hydrogen) atoms. The summed E-state index contributed by atoms with van der Waals surface area (Å²) in [4.78, 5) is 22.2. The van der Waals surface area contributed by atoms with E-state index in [0.29, 0.717) is 17.0 Å². The second kappa shape index (κ2) is 5.83. The summed E-state index contributed by atoms with van der Waals surface area (Å²) in [6, 6.07) is 0. The summed E-state index contributed by atoms with van der Waals surface area (Å²) in [6.45, 7) is 4.68. The maximum absolute atomic E-state index is 11.7. The third-order valence-electron chi connectivity index (χ3n) is 2.72. The molecule has 0 saturated heterocycles. The highest BCUT2D eigenvalue weighted by Gasteiger charge is 2.25. The predicted octanol–water partition coefficient (Wildman–Crippen LogP) is 0.176. The molecule has 1 atom stereocenters. The van der Waals surface area contributed by atoms with Crippen molar-refractivity contribution in [2.75, 3.05) is 6.54 Å². The Bertz CT molecular complexity index is 459. The van der Waals surface area contributed by atoms with Gasteiger partial charge in [0.1, 0.15) is 5.76 Å². The molecule has 1 unspecified atom stereocenters. The monoisotopic (exact) mass is 270 g/mol. The van der Waals surface area contributed by atoms with Gasteiger partial charge in [0, 0.05) is 12.1 Å². The van der Waals surface area contributed by atoms with Crippen molar-refractivity contribution in [3.63, 3.8) is 0 Å². The van der Waals surface area contributed by atoms with E-state index in [1.807, 2.05) is 0 Å². The number of aliphatic carboxylic acids is 1. The zero-order valence-electron chi connectivity index (χ0n) is 11.2. The summed E-state index contributed by atoms with van der Waals surface area (Å²) in [7, 11) is 0. The van der Waals surface area contributed by atoms with E-state index in [9.17, 15) is 14.7 Å². The van der Waals surface area contributed by atoms with E-state index in [4.69, 9.17) is 9.63 Å². The maximum Gasteiger partial charge on any atom is 0.306 e. The molecule has 0 bridgehead atoms. The number of carboxylic acid groups (broad SMARTS) is 1. The number of amides is 1. The van der Waals surface area contributed by atoms with Crippen molar-refractivity contribution in [3.8, 4) is 0 Å². The first-order valence-electron chi connectivity index (χ1n) is 5.84. The van der Waals surface area contributed by atoms with Crippen LogP contribution >= 0.6 is 0 Å². The number of carbonyl (C=O) groups is 2. The molecule has 7 heteroatoms. The van der Waals surface area contributed by atoms with Gasteiger partial charge in [-0.05, 0) is 20.8 Å². The van der Waals surface area contributed by atoms with Crippen LogP contribution in [0.1, 0.15) is 30.4 Å². The van der Waals surface area contributed by atoms with Crippen molar-refractivity contribution >= 4 is 11.9 Å². The van der Waals surface area contributed by atoms with Crippen LogP contribution in [-0.2, 0) is 16.0 Å². The number of carboxylic acids is 1. The van der Waals surface area contributed by atoms with Crippen LogP contribution in [-0.4, -0.2) is 39.4 Å². The van der Waals surface area contributed by atoms with E-state index in [0.717, 1.165) is 0 Å². The molecule has 1 aromatic heterocycles. The van der Waals surface area contributed by atoms with Crippen LogP contribution in [0.3, 0.4) is 0 Å². The molecule has 7 nitrogen and oxygen atoms in total. The van der Waals surface area contributed by atoms with Gasteiger partial charge < -0.3 is 20.1 Å². The molecular weight excluding hydrogens is 252 g/mol. The first kappa shape index (κ1) is 15.2. The van der Waals surface area contributed by atoms with Crippen LogP contribution in [0.25, 0.3) is 0 Å². The summed E-state index contributed by atoms with van der Waals surface area (Å²) in [5, 5.41) is 24.6. The van der Waals surface area contributed by atoms with E-state index in [1.165, 1.54) is 6.92 Å². The molecular formula is C12H18N2O5. The van der Waals surface area contributed by atoms with Crippen molar-refractivity contribution in [2.45, 2.75) is 39.2 Å². The zero-order valence-corrected chi connectivity index (χ0v) is 11.2.